The maximum Gasteiger partial charge on any atom is 0.249 e. The predicted molar refractivity (Wildman–Crippen MR) is 293 cm³/mol. The second-order valence-corrected chi connectivity index (χ2v) is 21.8. The zero-order valence-corrected chi connectivity index (χ0v) is 45.7. The van der Waals surface area contributed by atoms with Crippen molar-refractivity contribution in [2.75, 3.05) is 6.61 Å². The second-order valence-electron chi connectivity index (χ2n) is 21.8. The number of hydrogen-bond donors (Lipinski definition) is 5. The number of amides is 1. The molecule has 6 nitrogen and oxygen atoms in total. The Morgan fingerprint density at radius 3 is 0.716 bits per heavy atom. The first-order valence-corrected chi connectivity index (χ1v) is 30.9. The van der Waals surface area contributed by atoms with Crippen LogP contribution in [0.1, 0.15) is 354 Å². The zero-order valence-electron chi connectivity index (χ0n) is 45.7. The molecule has 0 aromatic rings. The SMILES string of the molecule is CCCCCCCCCCCCCCCCCCCCCCCCCCCCCC(O)C(O)C(CO)NC(=O)C(O)CCCCCCCCCCCCCCCCCCCCCCCCCC. The normalized spacial score (nSPS) is 13.6. The van der Waals surface area contributed by atoms with E-state index >= 15 is 0 Å². The molecule has 0 rings (SSSR count). The minimum Gasteiger partial charge on any atom is -0.394 e. The Balaban J connectivity index is 3.55. The molecule has 0 saturated carbocycles. The second kappa shape index (κ2) is 56.2. The molecule has 0 radical (unpaired) electrons. The van der Waals surface area contributed by atoms with E-state index in [1.165, 1.54) is 289 Å². The molecular formula is C61H123NO5. The Morgan fingerprint density at radius 1 is 0.313 bits per heavy atom. The zero-order chi connectivity index (χ0) is 48.8. The fraction of sp³-hybridized carbons (Fsp3) is 0.984. The van der Waals surface area contributed by atoms with E-state index < -0.39 is 36.9 Å². The van der Waals surface area contributed by atoms with Crippen molar-refractivity contribution in [3.05, 3.63) is 0 Å². The van der Waals surface area contributed by atoms with Gasteiger partial charge >= 0.3 is 0 Å². The summed E-state index contributed by atoms with van der Waals surface area (Å²) in [6, 6.07) is -0.981. The fourth-order valence-electron chi connectivity index (χ4n) is 10.2. The van der Waals surface area contributed by atoms with Crippen LogP contribution in [0, 0.1) is 0 Å². The van der Waals surface area contributed by atoms with Gasteiger partial charge in [-0.15, -0.1) is 0 Å². The van der Waals surface area contributed by atoms with Crippen LogP contribution in [0.25, 0.3) is 0 Å². The number of unbranched alkanes of at least 4 members (excludes halogenated alkanes) is 49. The van der Waals surface area contributed by atoms with Gasteiger partial charge in [-0.2, -0.15) is 0 Å². The highest BCUT2D eigenvalue weighted by Gasteiger charge is 2.28. The predicted octanol–water partition coefficient (Wildman–Crippen LogP) is 18.3. The van der Waals surface area contributed by atoms with Crippen molar-refractivity contribution in [3.63, 3.8) is 0 Å². The Kier molecular flexibility index (Phi) is 55.6. The van der Waals surface area contributed by atoms with Gasteiger partial charge in [-0.05, 0) is 12.8 Å². The molecule has 0 aliphatic carbocycles. The quantitative estimate of drug-likeness (QED) is 0.0390. The third kappa shape index (κ3) is 50.1. The largest absolute Gasteiger partial charge is 0.394 e. The lowest BCUT2D eigenvalue weighted by Gasteiger charge is -2.27. The molecule has 0 aromatic heterocycles. The molecule has 0 saturated heterocycles. The van der Waals surface area contributed by atoms with Gasteiger partial charge in [0.15, 0.2) is 0 Å². The third-order valence-corrected chi connectivity index (χ3v) is 15.1. The molecule has 402 valence electrons. The number of aliphatic hydroxyl groups is 4. The highest BCUT2D eigenvalue weighted by molar-refractivity contribution is 5.80. The summed E-state index contributed by atoms with van der Waals surface area (Å²) in [5.74, 6) is -0.574. The molecule has 5 N–H and O–H groups in total. The molecular weight excluding hydrogens is 827 g/mol. The highest BCUT2D eigenvalue weighted by atomic mass is 16.3. The van der Waals surface area contributed by atoms with Gasteiger partial charge in [-0.3, -0.25) is 4.79 Å². The van der Waals surface area contributed by atoms with E-state index in [0.29, 0.717) is 12.8 Å². The third-order valence-electron chi connectivity index (χ3n) is 15.1. The average molecular weight is 951 g/mol. The minimum absolute atomic E-state index is 0.376. The van der Waals surface area contributed by atoms with Crippen molar-refractivity contribution in [3.8, 4) is 0 Å². The molecule has 0 heterocycles. The van der Waals surface area contributed by atoms with Crippen LogP contribution in [-0.2, 0) is 4.79 Å². The summed E-state index contributed by atoms with van der Waals surface area (Å²) in [5.41, 5.74) is 0. The number of nitrogens with one attached hydrogen (secondary N) is 1. The first kappa shape index (κ1) is 66.3. The van der Waals surface area contributed by atoms with E-state index in [9.17, 15) is 25.2 Å². The smallest absolute Gasteiger partial charge is 0.249 e. The van der Waals surface area contributed by atoms with Gasteiger partial charge in [0.2, 0.25) is 5.91 Å². The van der Waals surface area contributed by atoms with Gasteiger partial charge in [0.1, 0.15) is 12.2 Å². The topological polar surface area (TPSA) is 110 Å². The first-order chi connectivity index (χ1) is 33.0. The monoisotopic (exact) mass is 950 g/mol. The maximum atomic E-state index is 12.6. The van der Waals surface area contributed by atoms with Crippen molar-refractivity contribution >= 4 is 5.91 Å². The molecule has 4 atom stereocenters. The maximum absolute atomic E-state index is 12.6. The van der Waals surface area contributed by atoms with Crippen LogP contribution in [0.3, 0.4) is 0 Å². The van der Waals surface area contributed by atoms with Gasteiger partial charge in [0.25, 0.3) is 0 Å². The molecule has 6 heteroatoms. The Morgan fingerprint density at radius 2 is 0.507 bits per heavy atom. The van der Waals surface area contributed by atoms with Crippen LogP contribution in [0.4, 0.5) is 0 Å². The van der Waals surface area contributed by atoms with Crippen LogP contribution in [0.15, 0.2) is 0 Å². The minimum atomic E-state index is -1.26. The molecule has 0 aliphatic heterocycles. The number of hydrogen-bond acceptors (Lipinski definition) is 5. The van der Waals surface area contributed by atoms with Gasteiger partial charge in [0.05, 0.1) is 18.8 Å². The van der Waals surface area contributed by atoms with Crippen LogP contribution in [0.5, 0.6) is 0 Å². The van der Waals surface area contributed by atoms with Gasteiger partial charge in [-0.25, -0.2) is 0 Å². The summed E-state index contributed by atoms with van der Waals surface area (Å²) in [6.07, 6.45) is 66.2. The van der Waals surface area contributed by atoms with E-state index in [2.05, 4.69) is 19.2 Å². The first-order valence-electron chi connectivity index (χ1n) is 30.9. The molecule has 0 aromatic carbocycles. The summed E-state index contributed by atoms with van der Waals surface area (Å²) >= 11 is 0. The van der Waals surface area contributed by atoms with Gasteiger partial charge in [0, 0.05) is 0 Å². The van der Waals surface area contributed by atoms with E-state index in [-0.39, 0.29) is 0 Å². The van der Waals surface area contributed by atoms with E-state index in [0.717, 1.165) is 38.5 Å². The number of rotatable bonds is 58. The molecule has 0 bridgehead atoms. The molecule has 0 aliphatic rings. The molecule has 67 heavy (non-hydrogen) atoms. The van der Waals surface area contributed by atoms with Crippen LogP contribution < -0.4 is 5.32 Å². The van der Waals surface area contributed by atoms with E-state index in [4.69, 9.17) is 0 Å². The van der Waals surface area contributed by atoms with Crippen LogP contribution >= 0.6 is 0 Å². The lowest BCUT2D eigenvalue weighted by Crippen LogP contribution is -2.53. The highest BCUT2D eigenvalue weighted by Crippen LogP contribution is 2.19. The van der Waals surface area contributed by atoms with Crippen LogP contribution in [-0.4, -0.2) is 57.3 Å². The summed E-state index contributed by atoms with van der Waals surface area (Å²) in [6.45, 7) is 4.11. The number of carbonyl (C=O) groups is 1. The lowest BCUT2D eigenvalue weighted by molar-refractivity contribution is -0.132. The average Bonchev–Trinajstić information content (AvgIpc) is 3.33. The van der Waals surface area contributed by atoms with Crippen molar-refractivity contribution in [1.82, 2.24) is 5.32 Å². The van der Waals surface area contributed by atoms with Crippen molar-refractivity contribution in [1.29, 1.82) is 0 Å². The van der Waals surface area contributed by atoms with E-state index in [1.54, 1.807) is 0 Å². The van der Waals surface area contributed by atoms with Crippen LogP contribution in [0.2, 0.25) is 0 Å². The number of aliphatic hydroxyl groups excluding tert-OH is 4. The van der Waals surface area contributed by atoms with Gasteiger partial charge < -0.3 is 25.7 Å². The van der Waals surface area contributed by atoms with Crippen molar-refractivity contribution in [2.45, 2.75) is 379 Å². The standard InChI is InChI=1S/C61H123NO5/c1-3-5-7-9-11-13-15-17-19-21-23-25-27-29-30-31-33-34-36-38-40-42-44-46-48-50-52-54-58(64)60(66)57(56-63)62-61(67)59(65)55-53-51-49-47-45-43-41-39-37-35-32-28-26-24-22-20-18-16-14-12-10-8-6-4-2/h57-60,63-66H,3-56H2,1-2H3,(H,62,67). The van der Waals surface area contributed by atoms with E-state index in [1.807, 2.05) is 0 Å². The summed E-state index contributed by atoms with van der Waals surface area (Å²) in [7, 11) is 0. The summed E-state index contributed by atoms with van der Waals surface area (Å²) < 4.78 is 0. The molecule has 0 fully saturated rings. The van der Waals surface area contributed by atoms with Crippen molar-refractivity contribution < 1.29 is 25.2 Å². The lowest BCUT2D eigenvalue weighted by atomic mass is 9.99. The number of carbonyl (C=O) groups excluding carboxylic acids is 1. The van der Waals surface area contributed by atoms with Gasteiger partial charge in [-0.1, -0.05) is 341 Å². The summed E-state index contributed by atoms with van der Waals surface area (Å²) in [5, 5.41) is 44.1. The van der Waals surface area contributed by atoms with Crippen molar-refractivity contribution in [2.24, 2.45) is 0 Å². The molecule has 1 amide bonds. The molecule has 0 spiro atoms. The summed E-state index contributed by atoms with van der Waals surface area (Å²) in [4.78, 5) is 12.6. The fourth-order valence-corrected chi connectivity index (χ4v) is 10.2. The Labute approximate surface area is 420 Å². The molecule has 4 unspecified atom stereocenters. The Hall–Kier alpha value is -0.690. The Bertz CT molecular complexity index is 933.